The van der Waals surface area contributed by atoms with E-state index in [9.17, 15) is 4.79 Å². The van der Waals surface area contributed by atoms with Crippen molar-refractivity contribution in [1.29, 1.82) is 0 Å². The first kappa shape index (κ1) is 18.5. The molecule has 0 fully saturated rings. The Morgan fingerprint density at radius 3 is 2.07 bits per heavy atom. The van der Waals surface area contributed by atoms with Crippen molar-refractivity contribution in [2.24, 2.45) is 0 Å². The van der Waals surface area contributed by atoms with Gasteiger partial charge in [-0.15, -0.1) is 0 Å². The average molecular weight is 362 g/mol. The van der Waals surface area contributed by atoms with Crippen molar-refractivity contribution in [2.75, 3.05) is 6.61 Å². The molecule has 0 aliphatic carbocycles. The van der Waals surface area contributed by atoms with Crippen molar-refractivity contribution in [3.05, 3.63) is 95.6 Å². The Kier molecular flexibility index (Phi) is 6.47. The Bertz CT molecular complexity index is 860. The van der Waals surface area contributed by atoms with Crippen LogP contribution in [-0.4, -0.2) is 17.7 Å². The van der Waals surface area contributed by atoms with Gasteiger partial charge in [-0.25, -0.2) is 0 Å². The van der Waals surface area contributed by atoms with Gasteiger partial charge in [-0.3, -0.25) is 4.79 Å². The fourth-order valence-electron chi connectivity index (χ4n) is 2.73. The molecule has 0 atom stereocenters. The number of carbonyl (C=O) groups is 1. The summed E-state index contributed by atoms with van der Waals surface area (Å²) in [5.41, 5.74) is 2.92. The Balaban J connectivity index is 1.69. The van der Waals surface area contributed by atoms with E-state index in [4.69, 9.17) is 14.6 Å². The van der Waals surface area contributed by atoms with Gasteiger partial charge in [-0.1, -0.05) is 66.7 Å². The second-order valence-electron chi connectivity index (χ2n) is 6.21. The topological polar surface area (TPSA) is 55.8 Å². The second kappa shape index (κ2) is 9.43. The van der Waals surface area contributed by atoms with Crippen LogP contribution in [0.25, 0.3) is 0 Å². The number of hydrogen-bond acceptors (Lipinski definition) is 3. The van der Waals surface area contributed by atoms with E-state index in [-0.39, 0.29) is 6.42 Å². The molecule has 3 aromatic rings. The third-order valence-corrected chi connectivity index (χ3v) is 4.09. The minimum atomic E-state index is -0.873. The maximum atomic E-state index is 11.0. The lowest BCUT2D eigenvalue weighted by atomic mass is 10.1. The minimum Gasteiger partial charge on any atom is -0.489 e. The van der Waals surface area contributed by atoms with Crippen LogP contribution in [0.1, 0.15) is 16.7 Å². The largest absolute Gasteiger partial charge is 0.489 e. The summed E-state index contributed by atoms with van der Waals surface area (Å²) in [6.07, 6.45) is 0.738. The molecular weight excluding hydrogens is 340 g/mol. The highest BCUT2D eigenvalue weighted by Crippen LogP contribution is 2.29. The third-order valence-electron chi connectivity index (χ3n) is 4.09. The van der Waals surface area contributed by atoms with E-state index in [1.54, 1.807) is 18.2 Å². The van der Waals surface area contributed by atoms with Crippen LogP contribution in [0.2, 0.25) is 0 Å². The van der Waals surface area contributed by atoms with Crippen molar-refractivity contribution in [3.63, 3.8) is 0 Å². The van der Waals surface area contributed by atoms with E-state index in [0.29, 0.717) is 30.3 Å². The lowest BCUT2D eigenvalue weighted by Crippen LogP contribution is -2.05. The summed E-state index contributed by atoms with van der Waals surface area (Å²) in [6.45, 7) is 0.913. The molecule has 0 aliphatic rings. The number of aliphatic carboxylic acids is 1. The second-order valence-corrected chi connectivity index (χ2v) is 6.21. The van der Waals surface area contributed by atoms with E-state index in [1.807, 2.05) is 48.5 Å². The van der Waals surface area contributed by atoms with Crippen molar-refractivity contribution in [1.82, 2.24) is 0 Å². The molecular formula is C23H22O4. The first-order valence-electron chi connectivity index (χ1n) is 8.89. The molecule has 0 amide bonds. The summed E-state index contributed by atoms with van der Waals surface area (Å²) in [7, 11) is 0. The van der Waals surface area contributed by atoms with Crippen molar-refractivity contribution >= 4 is 5.97 Å². The fourth-order valence-corrected chi connectivity index (χ4v) is 2.73. The van der Waals surface area contributed by atoms with Crippen molar-refractivity contribution in [3.8, 4) is 11.5 Å². The number of hydrogen-bond donors (Lipinski definition) is 1. The molecule has 27 heavy (non-hydrogen) atoms. The Morgan fingerprint density at radius 2 is 1.41 bits per heavy atom. The minimum absolute atomic E-state index is 0.0496. The van der Waals surface area contributed by atoms with E-state index in [0.717, 1.165) is 12.0 Å². The van der Waals surface area contributed by atoms with Crippen LogP contribution >= 0.6 is 0 Å². The summed E-state index contributed by atoms with van der Waals surface area (Å²) < 4.78 is 11.8. The molecule has 0 radical (unpaired) electrons. The molecule has 3 rings (SSSR count). The molecule has 0 aromatic heterocycles. The molecule has 4 heteroatoms. The van der Waals surface area contributed by atoms with Gasteiger partial charge >= 0.3 is 5.97 Å². The van der Waals surface area contributed by atoms with Crippen LogP contribution in [-0.2, 0) is 24.2 Å². The molecule has 0 saturated heterocycles. The molecule has 138 valence electrons. The summed E-state index contributed by atoms with van der Waals surface area (Å²) in [5.74, 6) is 0.309. The van der Waals surface area contributed by atoms with Gasteiger partial charge in [-0.05, 0) is 28.8 Å². The highest BCUT2D eigenvalue weighted by atomic mass is 16.5. The predicted octanol–water partition coefficient (Wildman–Crippen LogP) is 4.51. The molecule has 0 saturated carbocycles. The van der Waals surface area contributed by atoms with Crippen LogP contribution in [0.3, 0.4) is 0 Å². The quantitative estimate of drug-likeness (QED) is 0.608. The molecule has 0 aliphatic heterocycles. The van der Waals surface area contributed by atoms with Gasteiger partial charge in [0.1, 0.15) is 6.61 Å². The maximum Gasteiger partial charge on any atom is 0.307 e. The first-order valence-corrected chi connectivity index (χ1v) is 8.89. The van der Waals surface area contributed by atoms with Gasteiger partial charge in [0.2, 0.25) is 0 Å². The number of carboxylic acids is 1. The number of ether oxygens (including phenoxy) is 2. The number of rotatable bonds is 9. The molecule has 0 heterocycles. The van der Waals surface area contributed by atoms with Gasteiger partial charge in [-0.2, -0.15) is 0 Å². The van der Waals surface area contributed by atoms with Gasteiger partial charge in [0.15, 0.2) is 11.5 Å². The summed E-state index contributed by atoms with van der Waals surface area (Å²) in [5, 5.41) is 9.03. The van der Waals surface area contributed by atoms with Gasteiger partial charge in [0.25, 0.3) is 0 Å². The SMILES string of the molecule is O=C(O)Cc1ccc(OCCc2ccccc2)c(OCc2ccccc2)c1. The van der Waals surface area contributed by atoms with E-state index in [1.165, 1.54) is 5.56 Å². The van der Waals surface area contributed by atoms with Gasteiger partial charge in [0.05, 0.1) is 13.0 Å². The summed E-state index contributed by atoms with van der Waals surface area (Å²) in [6, 6.07) is 25.2. The van der Waals surface area contributed by atoms with E-state index >= 15 is 0 Å². The molecule has 3 aromatic carbocycles. The first-order chi connectivity index (χ1) is 13.2. The summed E-state index contributed by atoms with van der Waals surface area (Å²) in [4.78, 5) is 11.0. The van der Waals surface area contributed by atoms with Gasteiger partial charge < -0.3 is 14.6 Å². The van der Waals surface area contributed by atoms with E-state index in [2.05, 4.69) is 12.1 Å². The van der Waals surface area contributed by atoms with E-state index < -0.39 is 5.97 Å². The molecule has 0 bridgehead atoms. The number of carboxylic acid groups (broad SMARTS) is 1. The van der Waals surface area contributed by atoms with Crippen molar-refractivity contribution in [2.45, 2.75) is 19.4 Å². The van der Waals surface area contributed by atoms with Crippen LogP contribution in [0.5, 0.6) is 11.5 Å². The van der Waals surface area contributed by atoms with Crippen LogP contribution in [0, 0.1) is 0 Å². The molecule has 4 nitrogen and oxygen atoms in total. The zero-order chi connectivity index (χ0) is 18.9. The average Bonchev–Trinajstić information content (AvgIpc) is 2.69. The smallest absolute Gasteiger partial charge is 0.307 e. The highest BCUT2D eigenvalue weighted by molar-refractivity contribution is 5.70. The van der Waals surface area contributed by atoms with Crippen LogP contribution in [0.15, 0.2) is 78.9 Å². The molecule has 0 unspecified atom stereocenters. The van der Waals surface area contributed by atoms with Crippen LogP contribution in [0.4, 0.5) is 0 Å². The normalized spacial score (nSPS) is 10.4. The zero-order valence-electron chi connectivity index (χ0n) is 15.0. The molecule has 1 N–H and O–H groups in total. The van der Waals surface area contributed by atoms with Gasteiger partial charge in [0, 0.05) is 6.42 Å². The fraction of sp³-hybridized carbons (Fsp3) is 0.174. The monoisotopic (exact) mass is 362 g/mol. The third kappa shape index (κ3) is 5.89. The van der Waals surface area contributed by atoms with Crippen LogP contribution < -0.4 is 9.47 Å². The maximum absolute atomic E-state index is 11.0. The summed E-state index contributed by atoms with van der Waals surface area (Å²) >= 11 is 0. The van der Waals surface area contributed by atoms with Crippen molar-refractivity contribution < 1.29 is 19.4 Å². The lowest BCUT2D eigenvalue weighted by molar-refractivity contribution is -0.136. The Morgan fingerprint density at radius 1 is 0.741 bits per heavy atom. The predicted molar refractivity (Wildman–Crippen MR) is 104 cm³/mol. The standard InChI is InChI=1S/C23H22O4/c24-23(25)16-20-11-12-21(26-14-13-18-7-3-1-4-8-18)22(15-20)27-17-19-9-5-2-6-10-19/h1-12,15H,13-14,16-17H2,(H,24,25). The molecule has 0 spiro atoms. The zero-order valence-corrected chi connectivity index (χ0v) is 15.0. The Hall–Kier alpha value is -3.27. The highest BCUT2D eigenvalue weighted by Gasteiger charge is 2.10. The Labute approximate surface area is 159 Å². The lowest BCUT2D eigenvalue weighted by Gasteiger charge is -2.14. The number of benzene rings is 3.